The fourth-order valence-electron chi connectivity index (χ4n) is 3.00. The lowest BCUT2D eigenvalue weighted by Gasteiger charge is -2.35. The number of hydrogen-bond donors (Lipinski definition) is 1. The molecule has 1 saturated carbocycles. The topological polar surface area (TPSA) is 40.5 Å². The van der Waals surface area contributed by atoms with E-state index in [2.05, 4.69) is 18.7 Å². The van der Waals surface area contributed by atoms with Gasteiger partial charge in [0.25, 0.3) is 0 Å². The molecule has 1 aliphatic carbocycles. The zero-order valence-corrected chi connectivity index (χ0v) is 10.4. The molecular formula is C13H23NO2. The van der Waals surface area contributed by atoms with Crippen LogP contribution >= 0.6 is 0 Å². The average molecular weight is 225 g/mol. The third-order valence-electron chi connectivity index (χ3n) is 4.03. The van der Waals surface area contributed by atoms with E-state index < -0.39 is 0 Å². The van der Waals surface area contributed by atoms with Crippen molar-refractivity contribution < 1.29 is 9.90 Å². The van der Waals surface area contributed by atoms with Gasteiger partial charge in [0.2, 0.25) is 0 Å². The highest BCUT2D eigenvalue weighted by molar-refractivity contribution is 5.82. The van der Waals surface area contributed by atoms with Crippen molar-refractivity contribution in [2.45, 2.75) is 45.6 Å². The van der Waals surface area contributed by atoms with Crippen molar-refractivity contribution >= 4 is 5.78 Å². The molecule has 1 heterocycles. The van der Waals surface area contributed by atoms with E-state index in [4.69, 9.17) is 0 Å². The third-order valence-corrected chi connectivity index (χ3v) is 4.03. The van der Waals surface area contributed by atoms with Crippen LogP contribution in [-0.2, 0) is 4.79 Å². The second-order valence-electron chi connectivity index (χ2n) is 6.23. The van der Waals surface area contributed by atoms with Crippen LogP contribution in [0.15, 0.2) is 0 Å². The first-order valence-corrected chi connectivity index (χ1v) is 6.39. The highest BCUT2D eigenvalue weighted by Gasteiger charge is 2.35. The Hall–Kier alpha value is -0.410. The Morgan fingerprint density at radius 1 is 1.50 bits per heavy atom. The number of hydrogen-bond acceptors (Lipinski definition) is 3. The Bertz CT molecular complexity index is 275. The van der Waals surface area contributed by atoms with Crippen LogP contribution in [0, 0.1) is 11.3 Å². The number of β-amino-alcohol motifs (C(OH)–C–C–N with tert-alkyl or cyclic N) is 1. The van der Waals surface area contributed by atoms with Crippen LogP contribution in [0.3, 0.4) is 0 Å². The zero-order chi connectivity index (χ0) is 11.8. The molecule has 0 aromatic rings. The summed E-state index contributed by atoms with van der Waals surface area (Å²) in [5.74, 6) is 0.634. The Morgan fingerprint density at radius 3 is 2.88 bits per heavy atom. The summed E-state index contributed by atoms with van der Waals surface area (Å²) in [7, 11) is 0. The molecule has 1 aliphatic heterocycles. The quantitative estimate of drug-likeness (QED) is 0.773. The maximum Gasteiger partial charge on any atom is 0.137 e. The van der Waals surface area contributed by atoms with Crippen molar-refractivity contribution in [3.05, 3.63) is 0 Å². The number of ketones is 1. The largest absolute Gasteiger partial charge is 0.392 e. The SMILES string of the molecule is CC1(C)CCC(=O)C(CN2CCC(O)C2)C1. The van der Waals surface area contributed by atoms with Gasteiger partial charge >= 0.3 is 0 Å². The summed E-state index contributed by atoms with van der Waals surface area (Å²) >= 11 is 0. The first-order chi connectivity index (χ1) is 7.46. The van der Waals surface area contributed by atoms with E-state index in [1.807, 2.05) is 0 Å². The van der Waals surface area contributed by atoms with Crippen molar-refractivity contribution in [2.75, 3.05) is 19.6 Å². The smallest absolute Gasteiger partial charge is 0.137 e. The molecule has 2 fully saturated rings. The van der Waals surface area contributed by atoms with Crippen LogP contribution < -0.4 is 0 Å². The minimum absolute atomic E-state index is 0.174. The number of carbonyl (C=O) groups is 1. The van der Waals surface area contributed by atoms with E-state index in [0.717, 1.165) is 45.3 Å². The van der Waals surface area contributed by atoms with Crippen molar-refractivity contribution in [1.29, 1.82) is 0 Å². The fourth-order valence-corrected chi connectivity index (χ4v) is 3.00. The van der Waals surface area contributed by atoms with E-state index >= 15 is 0 Å². The van der Waals surface area contributed by atoms with Gasteiger partial charge in [0, 0.05) is 32.0 Å². The molecule has 92 valence electrons. The second kappa shape index (κ2) is 4.46. The summed E-state index contributed by atoms with van der Waals surface area (Å²) < 4.78 is 0. The van der Waals surface area contributed by atoms with Crippen LogP contribution in [0.2, 0.25) is 0 Å². The van der Waals surface area contributed by atoms with Crippen LogP contribution in [-0.4, -0.2) is 41.5 Å². The fraction of sp³-hybridized carbons (Fsp3) is 0.923. The minimum atomic E-state index is -0.174. The van der Waals surface area contributed by atoms with Gasteiger partial charge in [0.1, 0.15) is 5.78 Å². The van der Waals surface area contributed by atoms with E-state index in [-0.39, 0.29) is 12.0 Å². The third kappa shape index (κ3) is 2.83. The first kappa shape index (κ1) is 12.1. The molecule has 16 heavy (non-hydrogen) atoms. The van der Waals surface area contributed by atoms with Gasteiger partial charge in [-0.3, -0.25) is 9.69 Å². The molecule has 0 aromatic carbocycles. The van der Waals surface area contributed by atoms with Crippen molar-refractivity contribution in [3.63, 3.8) is 0 Å². The Kier molecular flexibility index (Phi) is 3.36. The van der Waals surface area contributed by atoms with Crippen molar-refractivity contribution in [2.24, 2.45) is 11.3 Å². The van der Waals surface area contributed by atoms with Crippen LogP contribution in [0.1, 0.15) is 39.5 Å². The summed E-state index contributed by atoms with van der Waals surface area (Å²) in [6.45, 7) is 7.07. The highest BCUT2D eigenvalue weighted by Crippen LogP contribution is 2.37. The number of likely N-dealkylation sites (tertiary alicyclic amines) is 1. The lowest BCUT2D eigenvalue weighted by Crippen LogP contribution is -2.38. The minimum Gasteiger partial charge on any atom is -0.392 e. The summed E-state index contributed by atoms with van der Waals surface area (Å²) in [5, 5.41) is 9.47. The Morgan fingerprint density at radius 2 is 2.25 bits per heavy atom. The van der Waals surface area contributed by atoms with Crippen LogP contribution in [0.5, 0.6) is 0 Å². The number of carbonyl (C=O) groups excluding carboxylic acids is 1. The van der Waals surface area contributed by atoms with Gasteiger partial charge in [0.05, 0.1) is 6.10 Å². The molecule has 1 N–H and O–H groups in total. The summed E-state index contributed by atoms with van der Waals surface area (Å²) in [6, 6.07) is 0. The molecular weight excluding hydrogens is 202 g/mol. The standard InChI is InChI=1S/C13H23NO2/c1-13(2)5-3-12(16)10(7-13)8-14-6-4-11(15)9-14/h10-11,15H,3-9H2,1-2H3. The van der Waals surface area contributed by atoms with E-state index in [0.29, 0.717) is 11.2 Å². The van der Waals surface area contributed by atoms with Crippen molar-refractivity contribution in [3.8, 4) is 0 Å². The predicted molar refractivity (Wildman–Crippen MR) is 63.2 cm³/mol. The van der Waals surface area contributed by atoms with Gasteiger partial charge in [-0.1, -0.05) is 13.8 Å². The molecule has 1 saturated heterocycles. The van der Waals surface area contributed by atoms with E-state index in [1.54, 1.807) is 0 Å². The molecule has 2 atom stereocenters. The lowest BCUT2D eigenvalue weighted by atomic mass is 9.71. The lowest BCUT2D eigenvalue weighted by molar-refractivity contribution is -0.127. The number of rotatable bonds is 2. The second-order valence-corrected chi connectivity index (χ2v) is 6.23. The highest BCUT2D eigenvalue weighted by atomic mass is 16.3. The average Bonchev–Trinajstić information content (AvgIpc) is 2.58. The van der Waals surface area contributed by atoms with Gasteiger partial charge in [0.15, 0.2) is 0 Å². The predicted octanol–water partition coefficient (Wildman–Crippen LogP) is 1.45. The normalized spacial score (nSPS) is 35.6. The molecule has 2 rings (SSSR count). The van der Waals surface area contributed by atoms with E-state index in [9.17, 15) is 9.90 Å². The van der Waals surface area contributed by atoms with Gasteiger partial charge in [-0.15, -0.1) is 0 Å². The van der Waals surface area contributed by atoms with Crippen molar-refractivity contribution in [1.82, 2.24) is 4.90 Å². The Balaban J connectivity index is 1.90. The summed E-state index contributed by atoms with van der Waals surface area (Å²) in [4.78, 5) is 14.1. The molecule has 2 unspecified atom stereocenters. The van der Waals surface area contributed by atoms with E-state index in [1.165, 1.54) is 0 Å². The zero-order valence-electron chi connectivity index (χ0n) is 10.4. The van der Waals surface area contributed by atoms with Crippen LogP contribution in [0.25, 0.3) is 0 Å². The summed E-state index contributed by atoms with van der Waals surface area (Å²) in [6.07, 6.45) is 3.48. The maximum absolute atomic E-state index is 11.9. The monoisotopic (exact) mass is 225 g/mol. The van der Waals surface area contributed by atoms with Gasteiger partial charge in [-0.25, -0.2) is 0 Å². The molecule has 0 radical (unpaired) electrons. The van der Waals surface area contributed by atoms with Gasteiger partial charge in [-0.2, -0.15) is 0 Å². The molecule has 3 heteroatoms. The summed E-state index contributed by atoms with van der Waals surface area (Å²) in [5.41, 5.74) is 0.316. The molecule has 0 aromatic heterocycles. The maximum atomic E-state index is 11.9. The first-order valence-electron chi connectivity index (χ1n) is 6.39. The molecule has 0 amide bonds. The molecule has 0 bridgehead atoms. The van der Waals surface area contributed by atoms with Gasteiger partial charge in [-0.05, 0) is 24.7 Å². The van der Waals surface area contributed by atoms with Gasteiger partial charge < -0.3 is 5.11 Å². The van der Waals surface area contributed by atoms with Crippen LogP contribution in [0.4, 0.5) is 0 Å². The molecule has 3 nitrogen and oxygen atoms in total. The number of nitrogens with zero attached hydrogens (tertiary/aromatic N) is 1. The Labute approximate surface area is 97.8 Å². The molecule has 2 aliphatic rings. The number of aliphatic hydroxyl groups excluding tert-OH is 1. The number of aliphatic hydroxyl groups is 1. The number of Topliss-reactive ketones (excluding diaryl/α,β-unsaturated/α-hetero) is 1. The molecule has 0 spiro atoms.